The summed E-state index contributed by atoms with van der Waals surface area (Å²) in [6.07, 6.45) is -5.42. The van der Waals surface area contributed by atoms with Crippen molar-refractivity contribution in [2.45, 2.75) is 18.8 Å². The molecule has 0 aliphatic heterocycles. The molecule has 1 atom stereocenters. The van der Waals surface area contributed by atoms with Crippen LogP contribution in [0, 0.1) is 29.6 Å². The average molecular weight is 660 g/mol. The van der Waals surface area contributed by atoms with Crippen LogP contribution in [0.5, 0.6) is 0 Å². The number of halogens is 7. The van der Waals surface area contributed by atoms with Crippen LogP contribution in [0.3, 0.4) is 0 Å². The van der Waals surface area contributed by atoms with Gasteiger partial charge in [-0.15, -0.1) is 0 Å². The molecule has 13 heteroatoms. The van der Waals surface area contributed by atoms with Gasteiger partial charge in [0, 0.05) is 27.3 Å². The molecular formula is C31H17Cl3F4N4O2. The Kier molecular flexibility index (Phi) is 9.22. The summed E-state index contributed by atoms with van der Waals surface area (Å²) in [6.45, 7) is 1.63. The maximum atomic E-state index is 15.9. The van der Waals surface area contributed by atoms with Crippen LogP contribution in [-0.2, 0) is 5.67 Å². The van der Waals surface area contributed by atoms with E-state index in [0.717, 1.165) is 24.3 Å². The summed E-state index contributed by atoms with van der Waals surface area (Å²) in [5.74, 6) is -1.46. The van der Waals surface area contributed by atoms with Gasteiger partial charge in [0.2, 0.25) is 0 Å². The fourth-order valence-corrected chi connectivity index (χ4v) is 5.02. The standard InChI is InChI=1S/C31H17Cl3F4N4O2/c1-16-10-17(14-39)2-9-23(16)29(44)41-26-11-18(3-4-19(26)15-40)28(43)42-27-24(33)12-21(13-25(27)34)30(35,31(36,37)38)20-5-7-22(32)8-6-20/h2-13H,1H3,(H,41,44)(H,42,43). The lowest BCUT2D eigenvalue weighted by molar-refractivity contribution is -0.219. The Morgan fingerprint density at radius 2 is 1.39 bits per heavy atom. The van der Waals surface area contributed by atoms with Gasteiger partial charge in [0.25, 0.3) is 17.5 Å². The van der Waals surface area contributed by atoms with Crippen LogP contribution in [0.25, 0.3) is 0 Å². The quantitative estimate of drug-likeness (QED) is 0.202. The van der Waals surface area contributed by atoms with E-state index >= 15 is 4.39 Å². The topological polar surface area (TPSA) is 106 Å². The number of benzene rings is 4. The minimum Gasteiger partial charge on any atom is -0.321 e. The number of aryl methyl sites for hydroxylation is 1. The monoisotopic (exact) mass is 658 g/mol. The van der Waals surface area contributed by atoms with Crippen LogP contribution >= 0.6 is 34.8 Å². The van der Waals surface area contributed by atoms with Crippen molar-refractivity contribution in [2.75, 3.05) is 10.6 Å². The van der Waals surface area contributed by atoms with Gasteiger partial charge in [-0.3, -0.25) is 9.59 Å². The highest BCUT2D eigenvalue weighted by Crippen LogP contribution is 2.50. The molecule has 2 amide bonds. The van der Waals surface area contributed by atoms with Crippen LogP contribution < -0.4 is 10.6 Å². The van der Waals surface area contributed by atoms with Crippen LogP contribution in [0.2, 0.25) is 15.1 Å². The summed E-state index contributed by atoms with van der Waals surface area (Å²) in [5, 5.41) is 22.6. The van der Waals surface area contributed by atoms with Crippen molar-refractivity contribution in [3.8, 4) is 12.1 Å². The van der Waals surface area contributed by atoms with E-state index in [9.17, 15) is 28.0 Å². The van der Waals surface area contributed by atoms with Gasteiger partial charge in [0.05, 0.1) is 38.6 Å². The maximum absolute atomic E-state index is 15.9. The normalized spacial score (nSPS) is 12.4. The fraction of sp³-hybridized carbons (Fsp3) is 0.0968. The van der Waals surface area contributed by atoms with Gasteiger partial charge < -0.3 is 10.6 Å². The van der Waals surface area contributed by atoms with Gasteiger partial charge in [-0.2, -0.15) is 23.7 Å². The number of hydrogen-bond donors (Lipinski definition) is 2. The van der Waals surface area contributed by atoms with Gasteiger partial charge >= 0.3 is 6.18 Å². The maximum Gasteiger partial charge on any atom is 0.431 e. The molecular weight excluding hydrogens is 643 g/mol. The molecule has 0 aliphatic carbocycles. The lowest BCUT2D eigenvalue weighted by Crippen LogP contribution is -2.39. The van der Waals surface area contributed by atoms with Crippen molar-refractivity contribution in [1.29, 1.82) is 10.5 Å². The van der Waals surface area contributed by atoms with E-state index in [2.05, 4.69) is 10.6 Å². The van der Waals surface area contributed by atoms with Crippen LogP contribution in [0.15, 0.2) is 72.8 Å². The Morgan fingerprint density at radius 3 is 1.93 bits per heavy atom. The molecule has 222 valence electrons. The predicted molar refractivity (Wildman–Crippen MR) is 159 cm³/mol. The van der Waals surface area contributed by atoms with Crippen molar-refractivity contribution in [1.82, 2.24) is 0 Å². The number of carbonyl (C=O) groups excluding carboxylic acids is 2. The van der Waals surface area contributed by atoms with Crippen molar-refractivity contribution in [3.63, 3.8) is 0 Å². The van der Waals surface area contributed by atoms with Crippen molar-refractivity contribution in [2.24, 2.45) is 0 Å². The van der Waals surface area contributed by atoms with E-state index < -0.39 is 44.8 Å². The summed E-state index contributed by atoms with van der Waals surface area (Å²) in [5.41, 5.74) is -5.00. The Hall–Kier alpha value is -4.61. The van der Waals surface area contributed by atoms with E-state index in [1.165, 1.54) is 36.4 Å². The first-order valence-corrected chi connectivity index (χ1v) is 13.5. The third-order valence-electron chi connectivity index (χ3n) is 6.56. The molecule has 1 unspecified atom stereocenters. The Morgan fingerprint density at radius 1 is 0.750 bits per heavy atom. The SMILES string of the molecule is Cc1cc(C#N)ccc1C(=O)Nc1cc(C(=O)Nc2c(Cl)cc(C(F)(c3ccc(Cl)cc3)C(F)(F)F)cc2Cl)ccc1C#N. The van der Waals surface area contributed by atoms with E-state index in [0.29, 0.717) is 23.3 Å². The highest BCUT2D eigenvalue weighted by atomic mass is 35.5. The molecule has 0 saturated heterocycles. The van der Waals surface area contributed by atoms with E-state index in [-0.39, 0.29) is 33.1 Å². The van der Waals surface area contributed by atoms with Gasteiger partial charge in [0.15, 0.2) is 0 Å². The zero-order chi connectivity index (χ0) is 32.4. The van der Waals surface area contributed by atoms with Crippen molar-refractivity contribution < 1.29 is 27.2 Å². The van der Waals surface area contributed by atoms with Crippen molar-refractivity contribution in [3.05, 3.63) is 127 Å². The smallest absolute Gasteiger partial charge is 0.321 e. The molecule has 4 aromatic carbocycles. The summed E-state index contributed by atoms with van der Waals surface area (Å²) in [6, 6.07) is 17.4. The van der Waals surface area contributed by atoms with Gasteiger partial charge in [-0.1, -0.05) is 46.9 Å². The average Bonchev–Trinajstić information content (AvgIpc) is 2.97. The molecule has 0 spiro atoms. The number of nitrogens with one attached hydrogen (secondary N) is 2. The Bertz CT molecular complexity index is 1860. The highest BCUT2D eigenvalue weighted by Gasteiger charge is 2.58. The van der Waals surface area contributed by atoms with E-state index in [4.69, 9.17) is 40.1 Å². The second-order valence-electron chi connectivity index (χ2n) is 9.40. The predicted octanol–water partition coefficient (Wildman–Crippen LogP) is 8.98. The molecule has 0 aromatic heterocycles. The number of carbonyl (C=O) groups is 2. The molecule has 6 nitrogen and oxygen atoms in total. The van der Waals surface area contributed by atoms with Gasteiger partial charge in [0.1, 0.15) is 6.07 Å². The Balaban J connectivity index is 1.64. The first-order valence-electron chi connectivity index (χ1n) is 12.4. The largest absolute Gasteiger partial charge is 0.431 e. The second-order valence-corrected chi connectivity index (χ2v) is 10.7. The summed E-state index contributed by atoms with van der Waals surface area (Å²) >= 11 is 18.2. The summed E-state index contributed by atoms with van der Waals surface area (Å²) < 4.78 is 58.2. The van der Waals surface area contributed by atoms with Crippen molar-refractivity contribution >= 4 is 58.0 Å². The lowest BCUT2D eigenvalue weighted by atomic mass is 9.87. The Labute approximate surface area is 263 Å². The van der Waals surface area contributed by atoms with Gasteiger partial charge in [-0.25, -0.2) is 4.39 Å². The molecule has 4 rings (SSSR count). The van der Waals surface area contributed by atoms with E-state index in [1.807, 2.05) is 12.1 Å². The summed E-state index contributed by atoms with van der Waals surface area (Å²) in [7, 11) is 0. The highest BCUT2D eigenvalue weighted by molar-refractivity contribution is 6.40. The number of anilines is 2. The molecule has 44 heavy (non-hydrogen) atoms. The molecule has 0 bridgehead atoms. The number of hydrogen-bond acceptors (Lipinski definition) is 4. The number of nitrogens with zero attached hydrogens (tertiary/aromatic N) is 2. The molecule has 0 aliphatic rings. The minimum absolute atomic E-state index is 0.0168. The second kappa shape index (κ2) is 12.6. The van der Waals surface area contributed by atoms with Crippen LogP contribution in [-0.4, -0.2) is 18.0 Å². The van der Waals surface area contributed by atoms with E-state index in [1.54, 1.807) is 6.92 Å². The first kappa shape index (κ1) is 32.3. The van der Waals surface area contributed by atoms with Crippen LogP contribution in [0.1, 0.15) is 48.5 Å². The van der Waals surface area contributed by atoms with Crippen LogP contribution in [0.4, 0.5) is 28.9 Å². The zero-order valence-corrected chi connectivity index (χ0v) is 24.6. The number of amides is 2. The number of alkyl halides is 4. The summed E-state index contributed by atoms with van der Waals surface area (Å²) in [4.78, 5) is 26.0. The fourth-order valence-electron chi connectivity index (χ4n) is 4.31. The zero-order valence-electron chi connectivity index (χ0n) is 22.3. The third-order valence-corrected chi connectivity index (χ3v) is 7.41. The number of nitriles is 2. The lowest BCUT2D eigenvalue weighted by Gasteiger charge is -2.29. The molecule has 0 fully saturated rings. The third kappa shape index (κ3) is 6.34. The number of rotatable bonds is 6. The molecule has 0 heterocycles. The molecule has 0 radical (unpaired) electrons. The molecule has 4 aromatic rings. The molecule has 0 saturated carbocycles. The van der Waals surface area contributed by atoms with Gasteiger partial charge in [-0.05, 0) is 73.2 Å². The molecule has 2 N–H and O–H groups in total. The minimum atomic E-state index is -5.42. The first-order chi connectivity index (χ1) is 20.7.